The molecule has 2 N–H and O–H groups in total. The molecule has 0 bridgehead atoms. The highest BCUT2D eigenvalue weighted by molar-refractivity contribution is 6.32. The second-order valence-corrected chi connectivity index (χ2v) is 10.4. The number of nitrogens with two attached hydrogens (primary N) is 1. The Balaban J connectivity index is 1.28. The molecule has 0 saturated carbocycles. The van der Waals surface area contributed by atoms with Crippen LogP contribution >= 0.6 is 11.6 Å². The van der Waals surface area contributed by atoms with Crippen LogP contribution in [0, 0.1) is 25.2 Å². The van der Waals surface area contributed by atoms with E-state index < -0.39 is 11.9 Å². The molecule has 2 heterocycles. The van der Waals surface area contributed by atoms with Crippen molar-refractivity contribution in [3.8, 4) is 23.3 Å². The number of allylic oxidation sites excluding steroid dienone is 1. The van der Waals surface area contributed by atoms with Crippen LogP contribution in [0.5, 0.6) is 17.2 Å². The van der Waals surface area contributed by atoms with Crippen LogP contribution in [0.15, 0.2) is 101 Å². The van der Waals surface area contributed by atoms with Gasteiger partial charge in [0, 0.05) is 27.6 Å². The average molecular weight is 577 g/mol. The van der Waals surface area contributed by atoms with E-state index in [0.717, 1.165) is 22.1 Å². The fourth-order valence-electron chi connectivity index (χ4n) is 5.06. The summed E-state index contributed by atoms with van der Waals surface area (Å²) in [4.78, 5) is 13.1. The van der Waals surface area contributed by atoms with Gasteiger partial charge in [-0.15, -0.1) is 0 Å². The van der Waals surface area contributed by atoms with Gasteiger partial charge in [-0.25, -0.2) is 4.79 Å². The van der Waals surface area contributed by atoms with Crippen LogP contribution in [-0.4, -0.2) is 5.97 Å². The van der Waals surface area contributed by atoms with Gasteiger partial charge in [0.05, 0.1) is 5.92 Å². The third-order valence-corrected chi connectivity index (χ3v) is 7.65. The van der Waals surface area contributed by atoms with Crippen molar-refractivity contribution in [1.29, 1.82) is 5.26 Å². The van der Waals surface area contributed by atoms with Crippen molar-refractivity contribution >= 4 is 28.5 Å². The maximum absolute atomic E-state index is 13.1. The molecule has 0 amide bonds. The van der Waals surface area contributed by atoms with Crippen LogP contribution in [0.25, 0.3) is 11.0 Å². The number of fused-ring (bicyclic) bond motifs is 2. The molecule has 7 nitrogen and oxygen atoms in total. The van der Waals surface area contributed by atoms with Gasteiger partial charge in [0.25, 0.3) is 0 Å². The van der Waals surface area contributed by atoms with E-state index in [0.29, 0.717) is 39.8 Å². The number of esters is 1. The van der Waals surface area contributed by atoms with Gasteiger partial charge >= 0.3 is 5.97 Å². The second kappa shape index (κ2) is 11.0. The van der Waals surface area contributed by atoms with Crippen LogP contribution in [-0.2, 0) is 6.61 Å². The first kappa shape index (κ1) is 27.0. The predicted molar refractivity (Wildman–Crippen MR) is 159 cm³/mol. The van der Waals surface area contributed by atoms with Crippen LogP contribution in [0.3, 0.4) is 0 Å². The van der Waals surface area contributed by atoms with Gasteiger partial charge in [-0.2, -0.15) is 5.26 Å². The van der Waals surface area contributed by atoms with Gasteiger partial charge in [-0.3, -0.25) is 0 Å². The van der Waals surface area contributed by atoms with E-state index in [1.165, 1.54) is 0 Å². The standard InChI is InChI=1S/C34H25ClN2O5/c1-19-13-29-26(16-28(19)35)20(2)32(41-29)34(38)40-24-11-12-25-30(15-24)42-33(37)27(17-36)31(25)22-9-6-10-23(14-22)39-18-21-7-4-3-5-8-21/h3-16,31H,18,37H2,1-2H3. The van der Waals surface area contributed by atoms with Crippen molar-refractivity contribution in [2.45, 2.75) is 26.4 Å². The summed E-state index contributed by atoms with van der Waals surface area (Å²) in [6, 6.07) is 28.1. The molecular formula is C34H25ClN2O5. The molecule has 1 aliphatic heterocycles. The Labute approximate surface area is 247 Å². The minimum Gasteiger partial charge on any atom is -0.489 e. The Kier molecular flexibility index (Phi) is 7.07. The molecule has 1 aliphatic rings. The molecule has 6 rings (SSSR count). The smallest absolute Gasteiger partial charge is 0.379 e. The van der Waals surface area contributed by atoms with Crippen molar-refractivity contribution in [3.05, 3.63) is 135 Å². The molecule has 0 radical (unpaired) electrons. The lowest BCUT2D eigenvalue weighted by Crippen LogP contribution is -2.21. The third kappa shape index (κ3) is 5.05. The Morgan fingerprint density at radius 2 is 1.81 bits per heavy atom. The number of carbonyl (C=O) groups is 1. The maximum atomic E-state index is 13.1. The second-order valence-electron chi connectivity index (χ2n) is 10.0. The summed E-state index contributed by atoms with van der Waals surface area (Å²) in [5.74, 6) is 0.171. The molecule has 0 fully saturated rings. The summed E-state index contributed by atoms with van der Waals surface area (Å²) in [5, 5.41) is 11.3. The van der Waals surface area contributed by atoms with E-state index in [1.54, 1.807) is 37.3 Å². The van der Waals surface area contributed by atoms with Gasteiger partial charge in [-0.1, -0.05) is 60.1 Å². The number of halogens is 1. The molecule has 1 atom stereocenters. The number of hydrogen-bond donors (Lipinski definition) is 1. The Morgan fingerprint density at radius 1 is 1.00 bits per heavy atom. The number of nitriles is 1. The van der Waals surface area contributed by atoms with E-state index in [2.05, 4.69) is 6.07 Å². The van der Waals surface area contributed by atoms with E-state index >= 15 is 0 Å². The number of nitrogens with zero attached hydrogens (tertiary/aromatic N) is 1. The van der Waals surface area contributed by atoms with Crippen molar-refractivity contribution in [2.24, 2.45) is 5.73 Å². The van der Waals surface area contributed by atoms with Gasteiger partial charge < -0.3 is 24.4 Å². The van der Waals surface area contributed by atoms with Crippen molar-refractivity contribution in [1.82, 2.24) is 0 Å². The first-order valence-electron chi connectivity index (χ1n) is 13.2. The highest BCUT2D eigenvalue weighted by Gasteiger charge is 2.31. The van der Waals surface area contributed by atoms with Gasteiger partial charge in [0.1, 0.15) is 41.1 Å². The van der Waals surface area contributed by atoms with E-state index in [1.807, 2.05) is 61.5 Å². The molecule has 42 heavy (non-hydrogen) atoms. The minimum absolute atomic E-state index is 0.0190. The van der Waals surface area contributed by atoms with E-state index in [9.17, 15) is 10.1 Å². The summed E-state index contributed by atoms with van der Waals surface area (Å²) >= 11 is 6.27. The summed E-state index contributed by atoms with van der Waals surface area (Å²) in [6.45, 7) is 4.05. The van der Waals surface area contributed by atoms with Crippen molar-refractivity contribution in [3.63, 3.8) is 0 Å². The molecule has 5 aromatic rings. The van der Waals surface area contributed by atoms with Crippen molar-refractivity contribution < 1.29 is 23.4 Å². The first-order valence-corrected chi connectivity index (χ1v) is 13.6. The zero-order chi connectivity index (χ0) is 29.4. The third-order valence-electron chi connectivity index (χ3n) is 7.24. The molecule has 208 valence electrons. The highest BCUT2D eigenvalue weighted by atomic mass is 35.5. The van der Waals surface area contributed by atoms with E-state index in [-0.39, 0.29) is 23.0 Å². The number of benzene rings is 4. The Bertz CT molecular complexity index is 1920. The number of hydrogen-bond acceptors (Lipinski definition) is 7. The number of rotatable bonds is 6. The molecule has 4 aromatic carbocycles. The van der Waals surface area contributed by atoms with E-state index in [4.69, 9.17) is 36.0 Å². The summed E-state index contributed by atoms with van der Waals surface area (Å²) in [5.41, 5.74) is 11.1. The number of aryl methyl sites for hydroxylation is 2. The zero-order valence-electron chi connectivity index (χ0n) is 22.8. The summed E-state index contributed by atoms with van der Waals surface area (Å²) in [6.07, 6.45) is 0. The topological polar surface area (TPSA) is 108 Å². The van der Waals surface area contributed by atoms with Gasteiger partial charge in [0.2, 0.25) is 11.6 Å². The largest absolute Gasteiger partial charge is 0.489 e. The zero-order valence-corrected chi connectivity index (χ0v) is 23.6. The summed E-state index contributed by atoms with van der Waals surface area (Å²) in [7, 11) is 0. The number of furan rings is 1. The SMILES string of the molecule is Cc1cc2oc(C(=O)Oc3ccc4c(c3)OC(N)=C(C#N)C4c3cccc(OCc4ccccc4)c3)c(C)c2cc1Cl. The number of ether oxygens (including phenoxy) is 3. The van der Waals surface area contributed by atoms with Gasteiger partial charge in [0.15, 0.2) is 0 Å². The molecule has 8 heteroatoms. The fourth-order valence-corrected chi connectivity index (χ4v) is 5.22. The molecule has 1 aromatic heterocycles. The van der Waals surface area contributed by atoms with Crippen LogP contribution in [0.2, 0.25) is 5.02 Å². The molecule has 0 aliphatic carbocycles. The summed E-state index contributed by atoms with van der Waals surface area (Å²) < 4.78 is 23.3. The van der Waals surface area contributed by atoms with Crippen LogP contribution in [0.4, 0.5) is 0 Å². The van der Waals surface area contributed by atoms with Crippen LogP contribution in [0.1, 0.15) is 44.3 Å². The number of carbonyl (C=O) groups excluding carboxylic acids is 1. The maximum Gasteiger partial charge on any atom is 0.379 e. The highest BCUT2D eigenvalue weighted by Crippen LogP contribution is 2.44. The molecule has 0 saturated heterocycles. The normalized spacial score (nSPS) is 14.2. The lowest BCUT2D eigenvalue weighted by molar-refractivity contribution is 0.0702. The Hall–Kier alpha value is -5.19. The van der Waals surface area contributed by atoms with Crippen molar-refractivity contribution in [2.75, 3.05) is 0 Å². The fraction of sp³-hybridized carbons (Fsp3) is 0.118. The lowest BCUT2D eigenvalue weighted by atomic mass is 9.83. The Morgan fingerprint density at radius 3 is 2.60 bits per heavy atom. The molecule has 1 unspecified atom stereocenters. The monoisotopic (exact) mass is 576 g/mol. The minimum atomic E-state index is -0.658. The molecular weight excluding hydrogens is 552 g/mol. The quantitative estimate of drug-likeness (QED) is 0.163. The van der Waals surface area contributed by atoms with Crippen LogP contribution < -0.4 is 19.9 Å². The average Bonchev–Trinajstić information content (AvgIpc) is 3.31. The first-order chi connectivity index (χ1) is 20.3. The lowest BCUT2D eigenvalue weighted by Gasteiger charge is -2.27. The predicted octanol–water partition coefficient (Wildman–Crippen LogP) is 7.72. The van der Waals surface area contributed by atoms with Gasteiger partial charge in [-0.05, 0) is 60.9 Å². The molecule has 0 spiro atoms.